The van der Waals surface area contributed by atoms with Gasteiger partial charge in [-0.15, -0.1) is 0 Å². The number of nitrogens with zero attached hydrogens (tertiary/aromatic N) is 3. The largest absolute Gasteiger partial charge is 0.418 e. The second-order valence-electron chi connectivity index (χ2n) is 3.82. The minimum absolute atomic E-state index is 0.192. The summed E-state index contributed by atoms with van der Waals surface area (Å²) in [6.45, 7) is 0. The quantitative estimate of drug-likeness (QED) is 0.872. The Morgan fingerprint density at radius 3 is 2.62 bits per heavy atom. The Hall–Kier alpha value is -3.09. The molecule has 0 spiro atoms. The van der Waals surface area contributed by atoms with E-state index in [4.69, 9.17) is 11.0 Å². The van der Waals surface area contributed by atoms with Crippen LogP contribution in [0.4, 0.5) is 24.7 Å². The van der Waals surface area contributed by atoms with Crippen LogP contribution in [0.25, 0.3) is 0 Å². The molecule has 0 fully saturated rings. The number of alkyl halides is 3. The van der Waals surface area contributed by atoms with Gasteiger partial charge in [0.25, 0.3) is 5.91 Å². The zero-order valence-electron chi connectivity index (χ0n) is 10.1. The lowest BCUT2D eigenvalue weighted by Crippen LogP contribution is -2.18. The van der Waals surface area contributed by atoms with Gasteiger partial charge in [-0.25, -0.2) is 4.63 Å². The number of carbonyl (C=O) groups is 1. The van der Waals surface area contributed by atoms with E-state index < -0.39 is 29.0 Å². The number of rotatable bonds is 2. The summed E-state index contributed by atoms with van der Waals surface area (Å²) in [7, 11) is 0. The van der Waals surface area contributed by atoms with Gasteiger partial charge < -0.3 is 11.1 Å². The fourth-order valence-corrected chi connectivity index (χ4v) is 1.49. The third kappa shape index (κ3) is 2.92. The van der Waals surface area contributed by atoms with Gasteiger partial charge in [-0.05, 0) is 28.5 Å². The van der Waals surface area contributed by atoms with Crippen LogP contribution in [0.15, 0.2) is 22.8 Å². The third-order valence-electron chi connectivity index (χ3n) is 2.43. The summed E-state index contributed by atoms with van der Waals surface area (Å²) in [6, 6.07) is 4.31. The monoisotopic (exact) mass is 297 g/mol. The Morgan fingerprint density at radius 1 is 1.38 bits per heavy atom. The van der Waals surface area contributed by atoms with Crippen molar-refractivity contribution in [1.82, 2.24) is 10.3 Å². The Morgan fingerprint density at radius 2 is 2.10 bits per heavy atom. The molecule has 0 aliphatic rings. The van der Waals surface area contributed by atoms with Crippen LogP contribution in [-0.4, -0.2) is 16.2 Å². The Kier molecular flexibility index (Phi) is 3.49. The molecule has 108 valence electrons. The number of amides is 1. The second kappa shape index (κ2) is 5.12. The van der Waals surface area contributed by atoms with Crippen molar-refractivity contribution in [3.05, 3.63) is 35.0 Å². The first-order valence-corrected chi connectivity index (χ1v) is 5.33. The molecule has 10 heteroatoms. The van der Waals surface area contributed by atoms with Crippen LogP contribution in [-0.2, 0) is 6.18 Å². The predicted molar refractivity (Wildman–Crippen MR) is 62.8 cm³/mol. The van der Waals surface area contributed by atoms with E-state index in [0.717, 1.165) is 12.1 Å². The number of aromatic nitrogens is 2. The zero-order chi connectivity index (χ0) is 15.6. The van der Waals surface area contributed by atoms with Crippen molar-refractivity contribution in [2.45, 2.75) is 6.18 Å². The van der Waals surface area contributed by atoms with E-state index in [0.29, 0.717) is 6.07 Å². The number of benzene rings is 1. The normalized spacial score (nSPS) is 11.0. The number of anilines is 2. The summed E-state index contributed by atoms with van der Waals surface area (Å²) in [4.78, 5) is 11.7. The van der Waals surface area contributed by atoms with Crippen molar-refractivity contribution >= 4 is 17.4 Å². The van der Waals surface area contributed by atoms with Gasteiger partial charge in [0, 0.05) is 0 Å². The smallest absolute Gasteiger partial charge is 0.379 e. The SMILES string of the molecule is N#Cc1ccc(NC(=O)c2nonc2N)c(C(F)(F)F)c1. The molecule has 21 heavy (non-hydrogen) atoms. The highest BCUT2D eigenvalue weighted by molar-refractivity contribution is 6.05. The van der Waals surface area contributed by atoms with Crippen molar-refractivity contribution in [1.29, 1.82) is 5.26 Å². The number of hydrogen-bond donors (Lipinski definition) is 2. The molecule has 1 aromatic heterocycles. The van der Waals surface area contributed by atoms with Crippen molar-refractivity contribution in [2.75, 3.05) is 11.1 Å². The van der Waals surface area contributed by atoms with Gasteiger partial charge in [0.2, 0.25) is 11.5 Å². The van der Waals surface area contributed by atoms with E-state index in [1.54, 1.807) is 6.07 Å². The maximum absolute atomic E-state index is 12.9. The highest BCUT2D eigenvalue weighted by Crippen LogP contribution is 2.35. The van der Waals surface area contributed by atoms with E-state index in [-0.39, 0.29) is 11.4 Å². The average Bonchev–Trinajstić information content (AvgIpc) is 2.84. The summed E-state index contributed by atoms with van der Waals surface area (Å²) in [5, 5.41) is 17.0. The second-order valence-corrected chi connectivity index (χ2v) is 3.82. The van der Waals surface area contributed by atoms with Gasteiger partial charge >= 0.3 is 6.18 Å². The number of carbonyl (C=O) groups excluding carboxylic acids is 1. The van der Waals surface area contributed by atoms with Crippen molar-refractivity contribution < 1.29 is 22.6 Å². The molecule has 3 N–H and O–H groups in total. The first kappa shape index (κ1) is 14.3. The molecule has 0 aliphatic carbocycles. The van der Waals surface area contributed by atoms with Crippen LogP contribution in [0, 0.1) is 11.3 Å². The molecule has 0 atom stereocenters. The van der Waals surface area contributed by atoms with Crippen LogP contribution < -0.4 is 11.1 Å². The molecule has 7 nitrogen and oxygen atoms in total. The Labute approximate surface area is 115 Å². The fraction of sp³-hybridized carbons (Fsp3) is 0.0909. The van der Waals surface area contributed by atoms with Crippen LogP contribution in [0.5, 0.6) is 0 Å². The topological polar surface area (TPSA) is 118 Å². The van der Waals surface area contributed by atoms with Gasteiger partial charge in [-0.3, -0.25) is 4.79 Å². The number of nitriles is 1. The third-order valence-corrected chi connectivity index (χ3v) is 2.43. The van der Waals surface area contributed by atoms with Gasteiger partial charge in [0.1, 0.15) is 0 Å². The van der Waals surface area contributed by atoms with E-state index in [1.165, 1.54) is 0 Å². The predicted octanol–water partition coefficient (Wildman–Crippen LogP) is 1.79. The first-order valence-electron chi connectivity index (χ1n) is 5.33. The van der Waals surface area contributed by atoms with Crippen LogP contribution in [0.1, 0.15) is 21.6 Å². The summed E-state index contributed by atoms with van der Waals surface area (Å²) >= 11 is 0. The first-order chi connectivity index (χ1) is 9.82. The standard InChI is InChI=1S/C11H6F3N5O2/c12-11(13,14)6-3-5(4-15)1-2-7(6)17-10(20)8-9(16)19-21-18-8/h1-3H,(H2,16,19)(H,17,20). The van der Waals surface area contributed by atoms with E-state index >= 15 is 0 Å². The molecule has 0 bridgehead atoms. The Balaban J connectivity index is 2.39. The molecule has 2 rings (SSSR count). The summed E-state index contributed by atoms with van der Waals surface area (Å²) < 4.78 is 42.9. The maximum atomic E-state index is 12.9. The zero-order valence-corrected chi connectivity index (χ0v) is 10.1. The molecule has 1 heterocycles. The lowest BCUT2D eigenvalue weighted by Gasteiger charge is -2.13. The lowest BCUT2D eigenvalue weighted by molar-refractivity contribution is -0.136. The number of nitrogen functional groups attached to an aromatic ring is 1. The van der Waals surface area contributed by atoms with Crippen LogP contribution in [0.3, 0.4) is 0 Å². The summed E-state index contributed by atoms with van der Waals surface area (Å²) in [5.41, 5.74) is 2.95. The lowest BCUT2D eigenvalue weighted by atomic mass is 10.1. The van der Waals surface area contributed by atoms with E-state index in [9.17, 15) is 18.0 Å². The maximum Gasteiger partial charge on any atom is 0.418 e. The number of nitrogens with two attached hydrogens (primary N) is 1. The molecule has 0 aliphatic heterocycles. The molecule has 1 aromatic carbocycles. The van der Waals surface area contributed by atoms with Crippen molar-refractivity contribution in [2.24, 2.45) is 0 Å². The van der Waals surface area contributed by atoms with Gasteiger partial charge in [-0.1, -0.05) is 0 Å². The van der Waals surface area contributed by atoms with Gasteiger partial charge in [-0.2, -0.15) is 18.4 Å². The van der Waals surface area contributed by atoms with Crippen molar-refractivity contribution in [3.63, 3.8) is 0 Å². The minimum Gasteiger partial charge on any atom is -0.379 e. The molecule has 0 unspecified atom stereocenters. The van der Waals surface area contributed by atoms with E-state index in [1.807, 2.05) is 5.32 Å². The minimum atomic E-state index is -4.75. The number of hydrogen-bond acceptors (Lipinski definition) is 6. The fourth-order valence-electron chi connectivity index (χ4n) is 1.49. The molecule has 0 saturated heterocycles. The highest BCUT2D eigenvalue weighted by atomic mass is 19.4. The van der Waals surface area contributed by atoms with Crippen LogP contribution in [0.2, 0.25) is 0 Å². The van der Waals surface area contributed by atoms with E-state index in [2.05, 4.69) is 14.9 Å². The molecular formula is C11H6F3N5O2. The number of nitrogens with one attached hydrogen (secondary N) is 1. The molecule has 1 amide bonds. The molecule has 2 aromatic rings. The van der Waals surface area contributed by atoms with Crippen LogP contribution >= 0.6 is 0 Å². The Bertz CT molecular complexity index is 732. The number of halogens is 3. The molecule has 0 radical (unpaired) electrons. The summed E-state index contributed by atoms with van der Waals surface area (Å²) in [5.74, 6) is -1.36. The molecule has 0 saturated carbocycles. The average molecular weight is 297 g/mol. The van der Waals surface area contributed by atoms with Gasteiger partial charge in [0.15, 0.2) is 0 Å². The summed E-state index contributed by atoms with van der Waals surface area (Å²) in [6.07, 6.45) is -4.75. The highest BCUT2D eigenvalue weighted by Gasteiger charge is 2.34. The molecular weight excluding hydrogens is 291 g/mol. The van der Waals surface area contributed by atoms with Crippen molar-refractivity contribution in [3.8, 4) is 6.07 Å². The van der Waals surface area contributed by atoms with Gasteiger partial charge in [0.05, 0.1) is 22.9 Å².